The van der Waals surface area contributed by atoms with E-state index in [2.05, 4.69) is 36.1 Å². The number of carbonyl (C=O) groups excluding carboxylic acids is 1. The van der Waals surface area contributed by atoms with Crippen LogP contribution in [0.25, 0.3) is 0 Å². The summed E-state index contributed by atoms with van der Waals surface area (Å²) in [5.74, 6) is 0.577. The van der Waals surface area contributed by atoms with Gasteiger partial charge >= 0.3 is 0 Å². The lowest BCUT2D eigenvalue weighted by Crippen LogP contribution is -2.48. The van der Waals surface area contributed by atoms with Crippen molar-refractivity contribution < 1.29 is 9.90 Å². The average molecular weight is 316 g/mol. The largest absolute Gasteiger partial charge is 0.396 e. The Bertz CT molecular complexity index is 523. The number of carbonyl (C=O) groups is 1. The minimum Gasteiger partial charge on any atom is -0.396 e. The molecule has 1 aromatic carbocycles. The Labute approximate surface area is 139 Å². The molecule has 0 bridgehead atoms. The molecule has 2 saturated heterocycles. The first-order valence-corrected chi connectivity index (χ1v) is 8.77. The number of nitrogens with zero attached hydrogens (tertiary/aromatic N) is 2. The van der Waals surface area contributed by atoms with Gasteiger partial charge in [-0.1, -0.05) is 37.3 Å². The van der Waals surface area contributed by atoms with Crippen LogP contribution in [-0.2, 0) is 11.3 Å². The number of hydrogen-bond donors (Lipinski definition) is 1. The first-order chi connectivity index (χ1) is 11.1. The third-order valence-electron chi connectivity index (χ3n) is 5.56. The minimum atomic E-state index is -0.225. The van der Waals surface area contributed by atoms with Crippen molar-refractivity contribution in [3.63, 3.8) is 0 Å². The van der Waals surface area contributed by atoms with Gasteiger partial charge in [0.15, 0.2) is 0 Å². The smallest absolute Gasteiger partial charge is 0.228 e. The molecule has 126 valence electrons. The summed E-state index contributed by atoms with van der Waals surface area (Å²) in [6.45, 7) is 6.81. The number of piperidine rings is 1. The molecule has 0 unspecified atom stereocenters. The zero-order valence-corrected chi connectivity index (χ0v) is 14.1. The molecule has 2 fully saturated rings. The van der Waals surface area contributed by atoms with Gasteiger partial charge in [-0.2, -0.15) is 0 Å². The normalized spacial score (nSPS) is 24.8. The first kappa shape index (κ1) is 16.5. The van der Waals surface area contributed by atoms with Gasteiger partial charge in [0.05, 0.1) is 0 Å². The molecule has 0 spiro atoms. The summed E-state index contributed by atoms with van der Waals surface area (Å²) in [6, 6.07) is 10.5. The molecule has 2 aliphatic rings. The number of rotatable bonds is 4. The van der Waals surface area contributed by atoms with Gasteiger partial charge in [-0.05, 0) is 37.9 Å². The zero-order valence-electron chi connectivity index (χ0n) is 14.1. The minimum absolute atomic E-state index is 0.200. The topological polar surface area (TPSA) is 43.8 Å². The van der Waals surface area contributed by atoms with Crippen LogP contribution in [0.1, 0.15) is 31.7 Å². The summed E-state index contributed by atoms with van der Waals surface area (Å²) in [5, 5.41) is 9.27. The number of aliphatic hydroxyl groups excluding tert-OH is 1. The monoisotopic (exact) mass is 316 g/mol. The molecule has 1 atom stereocenters. The molecule has 0 saturated carbocycles. The van der Waals surface area contributed by atoms with E-state index in [0.717, 1.165) is 52.0 Å². The van der Waals surface area contributed by atoms with Gasteiger partial charge in [0, 0.05) is 37.6 Å². The quantitative estimate of drug-likeness (QED) is 0.925. The Morgan fingerprint density at radius 3 is 2.52 bits per heavy atom. The predicted octanol–water partition coefficient (Wildman–Crippen LogP) is 2.13. The van der Waals surface area contributed by atoms with Crippen molar-refractivity contribution in [3.8, 4) is 0 Å². The fourth-order valence-corrected chi connectivity index (χ4v) is 3.81. The van der Waals surface area contributed by atoms with Crippen LogP contribution in [0.4, 0.5) is 0 Å². The van der Waals surface area contributed by atoms with E-state index >= 15 is 0 Å². The molecule has 2 heterocycles. The van der Waals surface area contributed by atoms with Gasteiger partial charge in [0.25, 0.3) is 0 Å². The van der Waals surface area contributed by atoms with E-state index < -0.39 is 0 Å². The summed E-state index contributed by atoms with van der Waals surface area (Å²) in [7, 11) is 0. The van der Waals surface area contributed by atoms with Crippen molar-refractivity contribution in [2.24, 2.45) is 11.3 Å². The second-order valence-corrected chi connectivity index (χ2v) is 7.41. The summed E-state index contributed by atoms with van der Waals surface area (Å²) in [5.41, 5.74) is 1.12. The molecule has 23 heavy (non-hydrogen) atoms. The fourth-order valence-electron chi connectivity index (χ4n) is 3.81. The highest BCUT2D eigenvalue weighted by Gasteiger charge is 2.41. The molecule has 1 aromatic rings. The lowest BCUT2D eigenvalue weighted by Gasteiger charge is -2.40. The maximum Gasteiger partial charge on any atom is 0.228 e. The maximum atomic E-state index is 12.9. The number of benzene rings is 1. The molecule has 1 N–H and O–H groups in total. The van der Waals surface area contributed by atoms with Gasteiger partial charge in [-0.3, -0.25) is 9.69 Å². The highest BCUT2D eigenvalue weighted by atomic mass is 16.3. The third-order valence-corrected chi connectivity index (χ3v) is 5.56. The van der Waals surface area contributed by atoms with Crippen LogP contribution in [-0.4, -0.2) is 53.6 Å². The number of amides is 1. The summed E-state index contributed by atoms with van der Waals surface area (Å²) < 4.78 is 0. The van der Waals surface area contributed by atoms with Crippen LogP contribution in [0.5, 0.6) is 0 Å². The molecule has 0 aliphatic carbocycles. The van der Waals surface area contributed by atoms with Crippen LogP contribution < -0.4 is 0 Å². The van der Waals surface area contributed by atoms with Crippen LogP contribution >= 0.6 is 0 Å². The number of hydrogen-bond acceptors (Lipinski definition) is 3. The molecule has 0 radical (unpaired) electrons. The zero-order chi connectivity index (χ0) is 16.3. The van der Waals surface area contributed by atoms with E-state index in [1.165, 1.54) is 5.56 Å². The Morgan fingerprint density at radius 2 is 1.91 bits per heavy atom. The van der Waals surface area contributed by atoms with Gasteiger partial charge in [0.1, 0.15) is 0 Å². The van der Waals surface area contributed by atoms with Gasteiger partial charge < -0.3 is 10.0 Å². The Hall–Kier alpha value is -1.39. The van der Waals surface area contributed by atoms with Gasteiger partial charge in [0.2, 0.25) is 5.91 Å². The van der Waals surface area contributed by atoms with Crippen molar-refractivity contribution in [2.75, 3.05) is 32.8 Å². The van der Waals surface area contributed by atoms with Gasteiger partial charge in [-0.25, -0.2) is 0 Å². The molecule has 2 aliphatic heterocycles. The summed E-state index contributed by atoms with van der Waals surface area (Å²) >= 11 is 0. The van der Waals surface area contributed by atoms with E-state index in [4.69, 9.17) is 0 Å². The maximum absolute atomic E-state index is 12.9. The van der Waals surface area contributed by atoms with Crippen LogP contribution in [0, 0.1) is 11.3 Å². The first-order valence-electron chi connectivity index (χ1n) is 8.77. The molecule has 0 aromatic heterocycles. The Kier molecular flexibility index (Phi) is 5.02. The standard InChI is InChI=1S/C19H28N2O2/c1-19(18(23)21-10-7-17(14-21)15-22)8-11-20(12-9-19)13-16-5-3-2-4-6-16/h2-6,17,22H,7-15H2,1H3/t17-/m0/s1. The highest BCUT2D eigenvalue weighted by Crippen LogP contribution is 2.35. The fraction of sp³-hybridized carbons (Fsp3) is 0.632. The van der Waals surface area contributed by atoms with E-state index in [9.17, 15) is 9.90 Å². The molecular weight excluding hydrogens is 288 g/mol. The molecule has 3 rings (SSSR count). The van der Waals surface area contributed by atoms with Crippen molar-refractivity contribution in [3.05, 3.63) is 35.9 Å². The van der Waals surface area contributed by atoms with Crippen LogP contribution in [0.3, 0.4) is 0 Å². The molecular formula is C19H28N2O2. The second kappa shape index (κ2) is 7.02. The van der Waals surface area contributed by atoms with Crippen LogP contribution in [0.2, 0.25) is 0 Å². The second-order valence-electron chi connectivity index (χ2n) is 7.41. The molecule has 1 amide bonds. The van der Waals surface area contributed by atoms with Crippen molar-refractivity contribution in [2.45, 2.75) is 32.7 Å². The van der Waals surface area contributed by atoms with Crippen molar-refractivity contribution >= 4 is 5.91 Å². The van der Waals surface area contributed by atoms with Crippen molar-refractivity contribution in [1.29, 1.82) is 0 Å². The Balaban J connectivity index is 1.53. The van der Waals surface area contributed by atoms with E-state index in [1.54, 1.807) is 0 Å². The molecule has 4 heteroatoms. The van der Waals surface area contributed by atoms with E-state index in [0.29, 0.717) is 5.91 Å². The number of aliphatic hydroxyl groups is 1. The highest BCUT2D eigenvalue weighted by molar-refractivity contribution is 5.82. The van der Waals surface area contributed by atoms with Crippen molar-refractivity contribution in [1.82, 2.24) is 9.80 Å². The van der Waals surface area contributed by atoms with E-state index in [-0.39, 0.29) is 17.9 Å². The SMILES string of the molecule is CC1(C(=O)N2CC[C@H](CO)C2)CCN(Cc2ccccc2)CC1. The average Bonchev–Trinajstić information content (AvgIpc) is 3.06. The van der Waals surface area contributed by atoms with E-state index in [1.807, 2.05) is 11.0 Å². The number of likely N-dealkylation sites (tertiary alicyclic amines) is 2. The Morgan fingerprint density at radius 1 is 1.22 bits per heavy atom. The summed E-state index contributed by atoms with van der Waals surface area (Å²) in [4.78, 5) is 17.3. The van der Waals surface area contributed by atoms with Crippen LogP contribution in [0.15, 0.2) is 30.3 Å². The third kappa shape index (κ3) is 3.75. The molecule has 4 nitrogen and oxygen atoms in total. The lowest BCUT2D eigenvalue weighted by molar-refractivity contribution is -0.143. The predicted molar refractivity (Wildman–Crippen MR) is 90.8 cm³/mol. The lowest BCUT2D eigenvalue weighted by atomic mass is 9.79. The van der Waals surface area contributed by atoms with Gasteiger partial charge in [-0.15, -0.1) is 0 Å². The summed E-state index contributed by atoms with van der Waals surface area (Å²) in [6.07, 6.45) is 2.80.